The van der Waals surface area contributed by atoms with E-state index in [1.54, 1.807) is 18.3 Å². The molecule has 0 aliphatic rings. The molecule has 0 atom stereocenters. The number of hydrogen-bond acceptors (Lipinski definition) is 4. The molecule has 2 rings (SSSR count). The van der Waals surface area contributed by atoms with Crippen molar-refractivity contribution in [1.29, 1.82) is 0 Å². The second-order valence-corrected chi connectivity index (χ2v) is 5.66. The summed E-state index contributed by atoms with van der Waals surface area (Å²) in [6.45, 7) is 0.833. The van der Waals surface area contributed by atoms with Crippen LogP contribution in [0.3, 0.4) is 0 Å². The molecule has 116 valence electrons. The van der Waals surface area contributed by atoms with Gasteiger partial charge in [-0.15, -0.1) is 0 Å². The number of pyridine rings is 1. The van der Waals surface area contributed by atoms with E-state index in [-0.39, 0.29) is 5.91 Å². The summed E-state index contributed by atoms with van der Waals surface area (Å²) in [7, 11) is 7.78. The highest BCUT2D eigenvalue weighted by atomic mass is 16.1. The Bertz CT molecular complexity index is 653. The van der Waals surface area contributed by atoms with Crippen LogP contribution >= 0.6 is 0 Å². The second kappa shape index (κ2) is 7.04. The Morgan fingerprint density at radius 2 is 1.91 bits per heavy atom. The molecular weight excluding hydrogens is 276 g/mol. The van der Waals surface area contributed by atoms with Crippen LogP contribution in [0.5, 0.6) is 0 Å². The number of amides is 1. The molecule has 5 nitrogen and oxygen atoms in total. The number of carbonyl (C=O) groups is 1. The largest absolute Gasteiger partial charge is 0.362 e. The molecule has 1 heterocycles. The molecule has 5 heteroatoms. The highest BCUT2D eigenvalue weighted by Crippen LogP contribution is 2.18. The molecule has 1 amide bonds. The minimum atomic E-state index is -0.154. The van der Waals surface area contributed by atoms with Crippen LogP contribution in [0.25, 0.3) is 0 Å². The van der Waals surface area contributed by atoms with Crippen molar-refractivity contribution in [1.82, 2.24) is 9.88 Å². The van der Waals surface area contributed by atoms with Crippen molar-refractivity contribution >= 4 is 17.4 Å². The van der Waals surface area contributed by atoms with E-state index in [2.05, 4.69) is 15.2 Å². The standard InChI is InChI=1S/C17H22N4O/c1-20(2)12-13-7-5-8-14(11-13)19-17(22)15-9-6-10-18-16(15)21(3)4/h5-11H,12H2,1-4H3,(H,19,22). The summed E-state index contributed by atoms with van der Waals surface area (Å²) in [4.78, 5) is 20.7. The fourth-order valence-corrected chi connectivity index (χ4v) is 2.24. The first-order chi connectivity index (χ1) is 10.5. The summed E-state index contributed by atoms with van der Waals surface area (Å²) in [6.07, 6.45) is 1.68. The molecule has 0 spiro atoms. The van der Waals surface area contributed by atoms with Gasteiger partial charge in [-0.3, -0.25) is 4.79 Å². The summed E-state index contributed by atoms with van der Waals surface area (Å²) in [5.41, 5.74) is 2.50. The maximum Gasteiger partial charge on any atom is 0.259 e. The van der Waals surface area contributed by atoms with Gasteiger partial charge in [-0.05, 0) is 43.9 Å². The second-order valence-electron chi connectivity index (χ2n) is 5.66. The Kier molecular flexibility index (Phi) is 5.12. The highest BCUT2D eigenvalue weighted by Gasteiger charge is 2.13. The minimum Gasteiger partial charge on any atom is -0.362 e. The monoisotopic (exact) mass is 298 g/mol. The normalized spacial score (nSPS) is 10.6. The third-order valence-corrected chi connectivity index (χ3v) is 3.14. The van der Waals surface area contributed by atoms with Gasteiger partial charge in [0, 0.05) is 32.5 Å². The predicted molar refractivity (Wildman–Crippen MR) is 90.4 cm³/mol. The number of nitrogens with one attached hydrogen (secondary N) is 1. The van der Waals surface area contributed by atoms with Crippen LogP contribution in [0, 0.1) is 0 Å². The predicted octanol–water partition coefficient (Wildman–Crippen LogP) is 2.46. The summed E-state index contributed by atoms with van der Waals surface area (Å²) in [5, 5.41) is 2.94. The van der Waals surface area contributed by atoms with Gasteiger partial charge in [0.15, 0.2) is 0 Å². The topological polar surface area (TPSA) is 48.5 Å². The minimum absolute atomic E-state index is 0.154. The lowest BCUT2D eigenvalue weighted by molar-refractivity contribution is 0.102. The maximum atomic E-state index is 12.5. The van der Waals surface area contributed by atoms with Gasteiger partial charge in [0.2, 0.25) is 0 Å². The van der Waals surface area contributed by atoms with Crippen molar-refractivity contribution in [2.75, 3.05) is 38.4 Å². The van der Waals surface area contributed by atoms with Gasteiger partial charge in [0.25, 0.3) is 5.91 Å². The Morgan fingerprint density at radius 3 is 2.59 bits per heavy atom. The summed E-state index contributed by atoms with van der Waals surface area (Å²) in [5.74, 6) is 0.503. The van der Waals surface area contributed by atoms with Crippen LogP contribution in [-0.4, -0.2) is 44.0 Å². The average Bonchev–Trinajstić information content (AvgIpc) is 2.46. The molecule has 0 unspecified atom stereocenters. The van der Waals surface area contributed by atoms with Gasteiger partial charge in [-0.25, -0.2) is 4.98 Å². The van der Waals surface area contributed by atoms with Crippen LogP contribution < -0.4 is 10.2 Å². The number of nitrogens with zero attached hydrogens (tertiary/aromatic N) is 3. The smallest absolute Gasteiger partial charge is 0.259 e. The summed E-state index contributed by atoms with van der Waals surface area (Å²) < 4.78 is 0. The fourth-order valence-electron chi connectivity index (χ4n) is 2.24. The SMILES string of the molecule is CN(C)Cc1cccc(NC(=O)c2cccnc2N(C)C)c1. The van der Waals surface area contributed by atoms with E-state index in [4.69, 9.17) is 0 Å². The van der Waals surface area contributed by atoms with Gasteiger partial charge < -0.3 is 15.1 Å². The van der Waals surface area contributed by atoms with Crippen molar-refractivity contribution in [3.8, 4) is 0 Å². The molecule has 0 aliphatic carbocycles. The first-order valence-corrected chi connectivity index (χ1v) is 7.14. The van der Waals surface area contributed by atoms with Crippen molar-refractivity contribution in [3.63, 3.8) is 0 Å². The van der Waals surface area contributed by atoms with Crippen LogP contribution in [0.2, 0.25) is 0 Å². The Balaban J connectivity index is 2.19. The van der Waals surface area contributed by atoms with Crippen LogP contribution in [0.15, 0.2) is 42.6 Å². The number of anilines is 2. The molecule has 0 bridgehead atoms. The lowest BCUT2D eigenvalue weighted by atomic mass is 10.1. The molecule has 1 N–H and O–H groups in total. The molecule has 0 saturated carbocycles. The number of hydrogen-bond donors (Lipinski definition) is 1. The van der Waals surface area contributed by atoms with E-state index >= 15 is 0 Å². The van der Waals surface area contributed by atoms with Crippen LogP contribution in [-0.2, 0) is 6.54 Å². The molecule has 0 aliphatic heterocycles. The van der Waals surface area contributed by atoms with Crippen molar-refractivity contribution in [2.45, 2.75) is 6.54 Å². The van der Waals surface area contributed by atoms with Crippen LogP contribution in [0.1, 0.15) is 15.9 Å². The number of rotatable bonds is 5. The Morgan fingerprint density at radius 1 is 1.14 bits per heavy atom. The summed E-state index contributed by atoms with van der Waals surface area (Å²) in [6, 6.07) is 11.4. The summed E-state index contributed by atoms with van der Waals surface area (Å²) >= 11 is 0. The highest BCUT2D eigenvalue weighted by molar-refractivity contribution is 6.07. The molecule has 2 aromatic rings. The first-order valence-electron chi connectivity index (χ1n) is 7.14. The van der Waals surface area contributed by atoms with Crippen molar-refractivity contribution in [2.24, 2.45) is 0 Å². The van der Waals surface area contributed by atoms with Gasteiger partial charge in [0.05, 0.1) is 5.56 Å². The zero-order valence-electron chi connectivity index (χ0n) is 13.5. The van der Waals surface area contributed by atoms with Gasteiger partial charge in [0.1, 0.15) is 5.82 Å². The van der Waals surface area contributed by atoms with E-state index in [9.17, 15) is 4.79 Å². The zero-order valence-corrected chi connectivity index (χ0v) is 13.5. The van der Waals surface area contributed by atoms with Gasteiger partial charge in [-0.1, -0.05) is 12.1 Å². The molecule has 1 aromatic carbocycles. The number of benzene rings is 1. The van der Waals surface area contributed by atoms with E-state index in [0.29, 0.717) is 11.4 Å². The quantitative estimate of drug-likeness (QED) is 0.921. The number of carbonyl (C=O) groups excluding carboxylic acids is 1. The van der Waals surface area contributed by atoms with Crippen LogP contribution in [0.4, 0.5) is 11.5 Å². The fraction of sp³-hybridized carbons (Fsp3) is 0.294. The van der Waals surface area contributed by atoms with E-state index in [0.717, 1.165) is 17.8 Å². The van der Waals surface area contributed by atoms with E-state index in [1.807, 2.05) is 57.4 Å². The molecule has 0 fully saturated rings. The Labute approximate surface area is 131 Å². The lowest BCUT2D eigenvalue weighted by Crippen LogP contribution is -2.19. The van der Waals surface area contributed by atoms with E-state index < -0.39 is 0 Å². The molecule has 0 radical (unpaired) electrons. The van der Waals surface area contributed by atoms with Crippen molar-refractivity contribution < 1.29 is 4.79 Å². The zero-order chi connectivity index (χ0) is 16.1. The molecular formula is C17H22N4O. The van der Waals surface area contributed by atoms with E-state index in [1.165, 1.54) is 0 Å². The molecule has 0 saturated heterocycles. The average molecular weight is 298 g/mol. The molecule has 1 aromatic heterocycles. The van der Waals surface area contributed by atoms with Gasteiger partial charge >= 0.3 is 0 Å². The molecule has 22 heavy (non-hydrogen) atoms. The maximum absolute atomic E-state index is 12.5. The lowest BCUT2D eigenvalue weighted by Gasteiger charge is -2.16. The Hall–Kier alpha value is -2.40. The third kappa shape index (κ3) is 4.05. The number of aromatic nitrogens is 1. The first kappa shape index (κ1) is 16.0. The third-order valence-electron chi connectivity index (χ3n) is 3.14. The van der Waals surface area contributed by atoms with Gasteiger partial charge in [-0.2, -0.15) is 0 Å². The van der Waals surface area contributed by atoms with Crippen molar-refractivity contribution in [3.05, 3.63) is 53.7 Å².